The van der Waals surface area contributed by atoms with Crippen LogP contribution in [0.3, 0.4) is 0 Å². The van der Waals surface area contributed by atoms with Crippen LogP contribution in [0.5, 0.6) is 5.75 Å². The van der Waals surface area contributed by atoms with Gasteiger partial charge in [0.1, 0.15) is 11.6 Å². The second-order valence-electron chi connectivity index (χ2n) is 4.57. The molecule has 2 rings (SSSR count). The van der Waals surface area contributed by atoms with Crippen molar-refractivity contribution in [2.45, 2.75) is 6.92 Å². The van der Waals surface area contributed by atoms with Crippen LogP contribution in [0.25, 0.3) is 0 Å². The molecular formula is C16H15FN2O3. The quantitative estimate of drug-likeness (QED) is 0.854. The molecule has 2 amide bonds. The van der Waals surface area contributed by atoms with Crippen molar-refractivity contribution in [2.24, 2.45) is 0 Å². The average molecular weight is 302 g/mol. The Morgan fingerprint density at radius 2 is 1.73 bits per heavy atom. The number of halogens is 1. The first-order valence-electron chi connectivity index (χ1n) is 6.52. The molecule has 114 valence electrons. The van der Waals surface area contributed by atoms with E-state index < -0.39 is 17.6 Å². The summed E-state index contributed by atoms with van der Waals surface area (Å²) in [5.41, 5.74) is 5.46. The summed E-state index contributed by atoms with van der Waals surface area (Å²) in [6, 6.07) is 10.4. The molecular weight excluding hydrogens is 287 g/mol. The number of benzene rings is 2. The van der Waals surface area contributed by atoms with Crippen LogP contribution < -0.4 is 15.6 Å². The number of hydrogen-bond donors (Lipinski definition) is 2. The predicted octanol–water partition coefficient (Wildman–Crippen LogP) is 2.22. The van der Waals surface area contributed by atoms with Crippen LogP contribution in [-0.2, 0) is 0 Å². The lowest BCUT2D eigenvalue weighted by molar-refractivity contribution is 0.0844. The lowest BCUT2D eigenvalue weighted by Gasteiger charge is -2.10. The number of nitrogens with one attached hydrogen (secondary N) is 2. The lowest BCUT2D eigenvalue weighted by Crippen LogP contribution is -2.41. The standard InChI is InChI=1S/C16H15FN2O3/c1-10-7-8-11(9-14(10)22-2)15(20)18-19-16(21)12-5-3-4-6-13(12)17/h3-9H,1-2H3,(H,18,20)(H,19,21). The molecule has 0 heterocycles. The number of aryl methyl sites for hydroxylation is 1. The van der Waals surface area contributed by atoms with Gasteiger partial charge in [0.05, 0.1) is 12.7 Å². The molecule has 0 radical (unpaired) electrons. The Bertz CT molecular complexity index is 716. The van der Waals surface area contributed by atoms with Gasteiger partial charge in [0, 0.05) is 5.56 Å². The van der Waals surface area contributed by atoms with Crippen molar-refractivity contribution in [3.8, 4) is 5.75 Å². The van der Waals surface area contributed by atoms with Crippen LogP contribution in [0.2, 0.25) is 0 Å². The van der Waals surface area contributed by atoms with Gasteiger partial charge in [0.2, 0.25) is 0 Å². The maximum absolute atomic E-state index is 13.4. The van der Waals surface area contributed by atoms with Crippen molar-refractivity contribution in [1.29, 1.82) is 0 Å². The maximum Gasteiger partial charge on any atom is 0.272 e. The van der Waals surface area contributed by atoms with Gasteiger partial charge >= 0.3 is 0 Å². The van der Waals surface area contributed by atoms with Gasteiger partial charge in [0.15, 0.2) is 0 Å². The van der Waals surface area contributed by atoms with Gasteiger partial charge in [0.25, 0.3) is 11.8 Å². The Labute approximate surface area is 127 Å². The Balaban J connectivity index is 2.04. The molecule has 0 aliphatic rings. The number of methoxy groups -OCH3 is 1. The molecule has 0 saturated carbocycles. The van der Waals surface area contributed by atoms with Crippen molar-refractivity contribution < 1.29 is 18.7 Å². The first-order valence-corrected chi connectivity index (χ1v) is 6.52. The molecule has 5 nitrogen and oxygen atoms in total. The number of carbonyl (C=O) groups excluding carboxylic acids is 2. The molecule has 0 unspecified atom stereocenters. The molecule has 0 saturated heterocycles. The van der Waals surface area contributed by atoms with E-state index in [1.54, 1.807) is 18.2 Å². The van der Waals surface area contributed by atoms with E-state index in [4.69, 9.17) is 4.74 Å². The first kappa shape index (κ1) is 15.5. The molecule has 0 aliphatic heterocycles. The van der Waals surface area contributed by atoms with E-state index in [1.165, 1.54) is 31.4 Å². The summed E-state index contributed by atoms with van der Waals surface area (Å²) in [4.78, 5) is 23.8. The van der Waals surface area contributed by atoms with Gasteiger partial charge in [-0.3, -0.25) is 20.4 Å². The van der Waals surface area contributed by atoms with Gasteiger partial charge in [-0.1, -0.05) is 18.2 Å². The first-order chi connectivity index (χ1) is 10.5. The maximum atomic E-state index is 13.4. The fourth-order valence-corrected chi connectivity index (χ4v) is 1.86. The highest BCUT2D eigenvalue weighted by Gasteiger charge is 2.13. The van der Waals surface area contributed by atoms with Crippen LogP contribution in [0, 0.1) is 12.7 Å². The SMILES string of the molecule is COc1cc(C(=O)NNC(=O)c2ccccc2F)ccc1C. The summed E-state index contributed by atoms with van der Waals surface area (Å²) < 4.78 is 18.6. The molecule has 0 bridgehead atoms. The molecule has 0 aromatic heterocycles. The van der Waals surface area contributed by atoms with Crippen molar-refractivity contribution in [1.82, 2.24) is 10.9 Å². The van der Waals surface area contributed by atoms with Crippen LogP contribution in [0.1, 0.15) is 26.3 Å². The number of ether oxygens (including phenoxy) is 1. The zero-order valence-corrected chi connectivity index (χ0v) is 12.1. The topological polar surface area (TPSA) is 67.4 Å². The van der Waals surface area contributed by atoms with Crippen LogP contribution >= 0.6 is 0 Å². The monoisotopic (exact) mass is 302 g/mol. The molecule has 0 aliphatic carbocycles. The largest absolute Gasteiger partial charge is 0.496 e. The van der Waals surface area contributed by atoms with Gasteiger partial charge in [-0.2, -0.15) is 0 Å². The number of hydrazine groups is 1. The number of carbonyl (C=O) groups is 2. The van der Waals surface area contributed by atoms with Gasteiger partial charge in [-0.05, 0) is 36.8 Å². The molecule has 2 aromatic carbocycles. The van der Waals surface area contributed by atoms with E-state index in [0.717, 1.165) is 5.56 Å². The third kappa shape index (κ3) is 3.41. The second kappa shape index (κ2) is 6.71. The third-order valence-corrected chi connectivity index (χ3v) is 3.08. The molecule has 0 atom stereocenters. The predicted molar refractivity (Wildman–Crippen MR) is 79.1 cm³/mol. The normalized spacial score (nSPS) is 9.95. The molecule has 2 aromatic rings. The van der Waals surface area contributed by atoms with Crippen LogP contribution in [0.4, 0.5) is 4.39 Å². The Hall–Kier alpha value is -2.89. The van der Waals surface area contributed by atoms with Crippen molar-refractivity contribution in [3.63, 3.8) is 0 Å². The molecule has 2 N–H and O–H groups in total. The summed E-state index contributed by atoms with van der Waals surface area (Å²) in [7, 11) is 1.50. The van der Waals surface area contributed by atoms with Gasteiger partial charge < -0.3 is 4.74 Å². The Morgan fingerprint density at radius 3 is 2.41 bits per heavy atom. The average Bonchev–Trinajstić information content (AvgIpc) is 2.53. The summed E-state index contributed by atoms with van der Waals surface area (Å²) in [6.45, 7) is 1.85. The third-order valence-electron chi connectivity index (χ3n) is 3.08. The number of rotatable bonds is 3. The fraction of sp³-hybridized carbons (Fsp3) is 0.125. The molecule has 0 fully saturated rings. The highest BCUT2D eigenvalue weighted by Crippen LogP contribution is 2.18. The smallest absolute Gasteiger partial charge is 0.272 e. The highest BCUT2D eigenvalue weighted by atomic mass is 19.1. The van der Waals surface area contributed by atoms with E-state index in [-0.39, 0.29) is 5.56 Å². The number of hydrogen-bond acceptors (Lipinski definition) is 3. The van der Waals surface area contributed by atoms with Crippen molar-refractivity contribution >= 4 is 11.8 Å². The van der Waals surface area contributed by atoms with E-state index in [0.29, 0.717) is 11.3 Å². The van der Waals surface area contributed by atoms with Gasteiger partial charge in [-0.15, -0.1) is 0 Å². The van der Waals surface area contributed by atoms with E-state index in [1.807, 2.05) is 6.92 Å². The van der Waals surface area contributed by atoms with Crippen LogP contribution in [-0.4, -0.2) is 18.9 Å². The summed E-state index contributed by atoms with van der Waals surface area (Å²) in [6.07, 6.45) is 0. The second-order valence-corrected chi connectivity index (χ2v) is 4.57. The Morgan fingerprint density at radius 1 is 1.05 bits per heavy atom. The molecule has 6 heteroatoms. The van der Waals surface area contributed by atoms with Crippen LogP contribution in [0.15, 0.2) is 42.5 Å². The fourth-order valence-electron chi connectivity index (χ4n) is 1.86. The van der Waals surface area contributed by atoms with E-state index >= 15 is 0 Å². The minimum Gasteiger partial charge on any atom is -0.496 e. The number of amides is 2. The van der Waals surface area contributed by atoms with Crippen molar-refractivity contribution in [2.75, 3.05) is 7.11 Å². The highest BCUT2D eigenvalue weighted by molar-refractivity contribution is 5.99. The van der Waals surface area contributed by atoms with Crippen molar-refractivity contribution in [3.05, 3.63) is 65.0 Å². The van der Waals surface area contributed by atoms with E-state index in [2.05, 4.69) is 10.9 Å². The van der Waals surface area contributed by atoms with Gasteiger partial charge in [-0.25, -0.2) is 4.39 Å². The molecule has 0 spiro atoms. The summed E-state index contributed by atoms with van der Waals surface area (Å²) in [5.74, 6) is -1.35. The lowest BCUT2D eigenvalue weighted by atomic mass is 10.1. The summed E-state index contributed by atoms with van der Waals surface area (Å²) >= 11 is 0. The minimum absolute atomic E-state index is 0.149. The minimum atomic E-state index is -0.731. The zero-order valence-electron chi connectivity index (χ0n) is 12.1. The zero-order chi connectivity index (χ0) is 16.1. The summed E-state index contributed by atoms with van der Waals surface area (Å²) in [5, 5.41) is 0. The molecule has 22 heavy (non-hydrogen) atoms. The van der Waals surface area contributed by atoms with E-state index in [9.17, 15) is 14.0 Å². The Kier molecular flexibility index (Phi) is 4.73.